The number of methoxy groups -OCH3 is 1. The third-order valence-electron chi connectivity index (χ3n) is 2.19. The van der Waals surface area contributed by atoms with Crippen LogP contribution in [0.15, 0.2) is 18.2 Å². The van der Waals surface area contributed by atoms with E-state index in [0.717, 1.165) is 5.56 Å². The number of ether oxygens (including phenoxy) is 2. The highest BCUT2D eigenvalue weighted by atomic mass is 35.5. The minimum absolute atomic E-state index is 0.202. The maximum absolute atomic E-state index is 11.0. The van der Waals surface area contributed by atoms with Crippen LogP contribution in [0.25, 0.3) is 0 Å². The second-order valence-electron chi connectivity index (χ2n) is 3.96. The van der Waals surface area contributed by atoms with Crippen LogP contribution in [0, 0.1) is 0 Å². The van der Waals surface area contributed by atoms with Crippen LogP contribution in [0.2, 0.25) is 5.02 Å². The molecule has 1 rings (SSSR count). The number of hydrogen-bond acceptors (Lipinski definition) is 5. The first kappa shape index (κ1) is 21.0. The maximum atomic E-state index is 11.0. The van der Waals surface area contributed by atoms with Gasteiger partial charge in [0.2, 0.25) is 0 Å². The summed E-state index contributed by atoms with van der Waals surface area (Å²) in [6.45, 7) is 0.844. The second-order valence-corrected chi connectivity index (χ2v) is 4.36. The number of hydrogen-bond donors (Lipinski definition) is 2. The summed E-state index contributed by atoms with van der Waals surface area (Å²) in [4.78, 5) is 19.9. The molecule has 1 aromatic carbocycles. The van der Waals surface area contributed by atoms with Crippen LogP contribution in [0.4, 0.5) is 13.2 Å². The fourth-order valence-corrected chi connectivity index (χ4v) is 1.44. The van der Waals surface area contributed by atoms with Crippen LogP contribution in [0.1, 0.15) is 5.56 Å². The van der Waals surface area contributed by atoms with Gasteiger partial charge < -0.3 is 20.3 Å². The number of halogens is 4. The van der Waals surface area contributed by atoms with E-state index in [-0.39, 0.29) is 12.4 Å². The van der Waals surface area contributed by atoms with Crippen molar-refractivity contribution in [1.29, 1.82) is 0 Å². The van der Waals surface area contributed by atoms with Crippen LogP contribution >= 0.6 is 11.6 Å². The minimum atomic E-state index is -5.08. The van der Waals surface area contributed by atoms with Gasteiger partial charge in [-0.05, 0) is 17.7 Å². The van der Waals surface area contributed by atoms with Crippen LogP contribution in [0.5, 0.6) is 5.75 Å². The number of benzene rings is 1. The van der Waals surface area contributed by atoms with Gasteiger partial charge in [-0.1, -0.05) is 17.7 Å². The van der Waals surface area contributed by atoms with Gasteiger partial charge >= 0.3 is 18.1 Å². The standard InChI is InChI=1S/C11H14ClNO3.C2HF3O2/c1-15-11(14)7-8-2-3-10(9(12)6-8)16-5-4-13;3-2(4,5)1(6)7/h2-3,6H,4-5,7,13H2,1H3;(H,6,7). The molecular formula is C13H15ClF3NO5. The molecule has 0 amide bonds. The van der Waals surface area contributed by atoms with Crippen molar-refractivity contribution in [2.75, 3.05) is 20.3 Å². The van der Waals surface area contributed by atoms with E-state index in [2.05, 4.69) is 4.74 Å². The summed E-state index contributed by atoms with van der Waals surface area (Å²) >= 11 is 5.97. The smallest absolute Gasteiger partial charge is 0.490 e. The molecule has 0 unspecified atom stereocenters. The molecule has 10 heteroatoms. The third-order valence-corrected chi connectivity index (χ3v) is 2.49. The molecule has 0 fully saturated rings. The monoisotopic (exact) mass is 357 g/mol. The normalized spacial score (nSPS) is 10.3. The van der Waals surface area contributed by atoms with Gasteiger partial charge in [0.1, 0.15) is 12.4 Å². The van der Waals surface area contributed by atoms with Crippen molar-refractivity contribution in [1.82, 2.24) is 0 Å². The van der Waals surface area contributed by atoms with E-state index < -0.39 is 12.1 Å². The molecule has 0 spiro atoms. The fraction of sp³-hybridized carbons (Fsp3) is 0.385. The molecule has 0 bridgehead atoms. The summed E-state index contributed by atoms with van der Waals surface area (Å²) in [5.41, 5.74) is 6.10. The topological polar surface area (TPSA) is 98.9 Å². The van der Waals surface area contributed by atoms with E-state index in [9.17, 15) is 18.0 Å². The Hall–Kier alpha value is -2.00. The van der Waals surface area contributed by atoms with Gasteiger partial charge in [-0.15, -0.1) is 0 Å². The molecule has 0 aliphatic carbocycles. The lowest BCUT2D eigenvalue weighted by molar-refractivity contribution is -0.192. The first-order valence-electron chi connectivity index (χ1n) is 6.10. The Labute approximate surface area is 134 Å². The van der Waals surface area contributed by atoms with Crippen molar-refractivity contribution >= 4 is 23.5 Å². The number of aliphatic carboxylic acids is 1. The van der Waals surface area contributed by atoms with Crippen molar-refractivity contribution in [3.63, 3.8) is 0 Å². The quantitative estimate of drug-likeness (QED) is 0.782. The van der Waals surface area contributed by atoms with Crippen molar-refractivity contribution in [3.05, 3.63) is 28.8 Å². The lowest BCUT2D eigenvalue weighted by Gasteiger charge is -2.08. The number of rotatable bonds is 5. The Balaban J connectivity index is 0.000000585. The molecule has 0 saturated carbocycles. The van der Waals surface area contributed by atoms with Crippen LogP contribution in [0.3, 0.4) is 0 Å². The van der Waals surface area contributed by atoms with Crippen molar-refractivity contribution < 1.29 is 37.3 Å². The Morgan fingerprint density at radius 1 is 1.35 bits per heavy atom. The average molecular weight is 358 g/mol. The zero-order chi connectivity index (χ0) is 18.0. The summed E-state index contributed by atoms with van der Waals surface area (Å²) in [6.07, 6.45) is -4.88. The highest BCUT2D eigenvalue weighted by molar-refractivity contribution is 6.32. The number of carboxylic acids is 1. The highest BCUT2D eigenvalue weighted by Gasteiger charge is 2.38. The molecule has 6 nitrogen and oxygen atoms in total. The maximum Gasteiger partial charge on any atom is 0.490 e. The van der Waals surface area contributed by atoms with Gasteiger partial charge in [-0.3, -0.25) is 4.79 Å². The summed E-state index contributed by atoms with van der Waals surface area (Å²) in [7, 11) is 1.35. The van der Waals surface area contributed by atoms with Crippen LogP contribution in [-0.4, -0.2) is 43.5 Å². The van der Waals surface area contributed by atoms with Crippen molar-refractivity contribution in [3.8, 4) is 5.75 Å². The lowest BCUT2D eigenvalue weighted by Crippen LogP contribution is -2.21. The summed E-state index contributed by atoms with van der Waals surface area (Å²) in [6, 6.07) is 5.18. The number of carbonyl (C=O) groups excluding carboxylic acids is 1. The molecule has 0 aliphatic heterocycles. The van der Waals surface area contributed by atoms with E-state index in [1.807, 2.05) is 0 Å². The largest absolute Gasteiger partial charge is 0.491 e. The molecule has 0 saturated heterocycles. The van der Waals surface area contributed by atoms with Crippen LogP contribution in [-0.2, 0) is 20.7 Å². The molecule has 23 heavy (non-hydrogen) atoms. The first-order chi connectivity index (χ1) is 10.6. The van der Waals surface area contributed by atoms with Gasteiger partial charge in [-0.2, -0.15) is 13.2 Å². The second kappa shape index (κ2) is 9.90. The average Bonchev–Trinajstić information content (AvgIpc) is 2.46. The van der Waals surface area contributed by atoms with Crippen molar-refractivity contribution in [2.24, 2.45) is 5.73 Å². The third kappa shape index (κ3) is 8.89. The van der Waals surface area contributed by atoms with E-state index in [4.69, 9.17) is 32.0 Å². The Morgan fingerprint density at radius 2 is 1.91 bits per heavy atom. The lowest BCUT2D eigenvalue weighted by atomic mass is 10.1. The number of carboxylic acid groups (broad SMARTS) is 1. The molecule has 0 heterocycles. The molecular weight excluding hydrogens is 343 g/mol. The highest BCUT2D eigenvalue weighted by Crippen LogP contribution is 2.25. The minimum Gasteiger partial charge on any atom is -0.491 e. The summed E-state index contributed by atoms with van der Waals surface area (Å²) in [5, 5.41) is 7.59. The summed E-state index contributed by atoms with van der Waals surface area (Å²) < 4.78 is 41.6. The summed E-state index contributed by atoms with van der Waals surface area (Å²) in [5.74, 6) is -2.49. The Kier molecular flexibility index (Phi) is 9.04. The number of nitrogens with two attached hydrogens (primary N) is 1. The van der Waals surface area contributed by atoms with E-state index in [1.54, 1.807) is 18.2 Å². The van der Waals surface area contributed by atoms with Gasteiger partial charge in [-0.25, -0.2) is 4.79 Å². The van der Waals surface area contributed by atoms with E-state index >= 15 is 0 Å². The molecule has 0 aliphatic rings. The first-order valence-corrected chi connectivity index (χ1v) is 6.47. The van der Waals surface area contributed by atoms with Gasteiger partial charge in [0.15, 0.2) is 0 Å². The predicted octanol–water partition coefficient (Wildman–Crippen LogP) is 2.03. The Bertz CT molecular complexity index is 537. The van der Waals surface area contributed by atoms with Gasteiger partial charge in [0, 0.05) is 6.54 Å². The zero-order valence-corrected chi connectivity index (χ0v) is 12.8. The SMILES string of the molecule is COC(=O)Cc1ccc(OCCN)c(Cl)c1.O=C(O)C(F)(F)F. The zero-order valence-electron chi connectivity index (χ0n) is 12.0. The molecule has 1 aromatic rings. The molecule has 0 atom stereocenters. The molecule has 3 N–H and O–H groups in total. The molecule has 0 radical (unpaired) electrons. The number of esters is 1. The molecule has 0 aromatic heterocycles. The van der Waals surface area contributed by atoms with E-state index in [0.29, 0.717) is 23.9 Å². The molecule has 130 valence electrons. The number of carbonyl (C=O) groups is 2. The van der Waals surface area contributed by atoms with Gasteiger partial charge in [0.25, 0.3) is 0 Å². The number of alkyl halides is 3. The fourth-order valence-electron chi connectivity index (χ4n) is 1.18. The van der Waals surface area contributed by atoms with Gasteiger partial charge in [0.05, 0.1) is 18.6 Å². The van der Waals surface area contributed by atoms with E-state index in [1.165, 1.54) is 7.11 Å². The predicted molar refractivity (Wildman–Crippen MR) is 75.4 cm³/mol. The van der Waals surface area contributed by atoms with Crippen LogP contribution < -0.4 is 10.5 Å². The Morgan fingerprint density at radius 3 is 2.30 bits per heavy atom. The van der Waals surface area contributed by atoms with Crippen molar-refractivity contribution in [2.45, 2.75) is 12.6 Å².